The minimum absolute atomic E-state index is 0.0910. The van der Waals surface area contributed by atoms with Gasteiger partial charge in [0.2, 0.25) is 0 Å². The number of H-pyrrole nitrogens is 1. The van der Waals surface area contributed by atoms with Crippen molar-refractivity contribution < 1.29 is 26.7 Å². The van der Waals surface area contributed by atoms with E-state index in [1.165, 1.54) is 11.0 Å². The largest absolute Gasteiger partial charge is 0.489 e. The summed E-state index contributed by atoms with van der Waals surface area (Å²) in [5.41, 5.74) is 1.86. The predicted molar refractivity (Wildman–Crippen MR) is 121 cm³/mol. The summed E-state index contributed by atoms with van der Waals surface area (Å²) in [6.45, 7) is 1.64. The summed E-state index contributed by atoms with van der Waals surface area (Å²) < 4.78 is 75.6. The molecule has 0 saturated heterocycles. The number of alkyl halides is 3. The fourth-order valence-corrected chi connectivity index (χ4v) is 4.72. The highest BCUT2D eigenvalue weighted by Gasteiger charge is 2.40. The Hall–Kier alpha value is -2.65. The van der Waals surface area contributed by atoms with Crippen molar-refractivity contribution in [2.45, 2.75) is 38.3 Å². The Bertz CT molecular complexity index is 1120. The van der Waals surface area contributed by atoms with E-state index in [0.29, 0.717) is 31.6 Å². The molecule has 0 spiro atoms. The standard InChI is InChI=1S/C25H28F5N3O/c1-15-13-17-16-5-2-3-6-19(16)32-24(17)25(33(15)14-21(28)29)22-18(27)7-8-20(23(22)30)34-12-11-31-10-4-9-26/h2-3,5-8,15,21,25,31-32H,4,9-14H2,1H3/t15-,25?/m1/s1. The molecule has 2 aromatic carbocycles. The molecule has 0 fully saturated rings. The Labute approximate surface area is 195 Å². The van der Waals surface area contributed by atoms with Gasteiger partial charge in [-0.25, -0.2) is 17.6 Å². The Morgan fingerprint density at radius 3 is 2.71 bits per heavy atom. The first kappa shape index (κ1) is 24.5. The highest BCUT2D eigenvalue weighted by atomic mass is 19.3. The Balaban J connectivity index is 1.73. The van der Waals surface area contributed by atoms with E-state index in [-0.39, 0.29) is 24.0 Å². The Kier molecular flexibility index (Phi) is 7.73. The summed E-state index contributed by atoms with van der Waals surface area (Å²) in [6, 6.07) is 8.36. The molecule has 4 rings (SSSR count). The zero-order valence-corrected chi connectivity index (χ0v) is 18.9. The molecule has 9 heteroatoms. The fourth-order valence-electron chi connectivity index (χ4n) is 4.72. The third-order valence-electron chi connectivity index (χ3n) is 6.25. The van der Waals surface area contributed by atoms with Crippen molar-refractivity contribution in [2.75, 3.05) is 32.9 Å². The highest BCUT2D eigenvalue weighted by Crippen LogP contribution is 2.43. The number of nitrogens with zero attached hydrogens (tertiary/aromatic N) is 1. The van der Waals surface area contributed by atoms with E-state index >= 15 is 8.78 Å². The third-order valence-corrected chi connectivity index (χ3v) is 6.25. The van der Waals surface area contributed by atoms with Gasteiger partial charge in [-0.1, -0.05) is 18.2 Å². The number of fused-ring (bicyclic) bond motifs is 3. The lowest BCUT2D eigenvalue weighted by Crippen LogP contribution is -2.45. The molecule has 0 saturated carbocycles. The van der Waals surface area contributed by atoms with Crippen LogP contribution in [-0.2, 0) is 6.42 Å². The molecule has 184 valence electrons. The smallest absolute Gasteiger partial charge is 0.251 e. The van der Waals surface area contributed by atoms with Gasteiger partial charge >= 0.3 is 0 Å². The van der Waals surface area contributed by atoms with E-state index in [0.717, 1.165) is 22.5 Å². The van der Waals surface area contributed by atoms with E-state index in [1.807, 2.05) is 24.3 Å². The number of halogens is 5. The van der Waals surface area contributed by atoms with Crippen LogP contribution in [0.5, 0.6) is 5.75 Å². The normalized spacial score (nSPS) is 18.6. The highest BCUT2D eigenvalue weighted by molar-refractivity contribution is 5.85. The van der Waals surface area contributed by atoms with Crippen LogP contribution in [0.25, 0.3) is 10.9 Å². The molecule has 0 amide bonds. The second-order valence-electron chi connectivity index (χ2n) is 8.52. The van der Waals surface area contributed by atoms with Crippen molar-refractivity contribution in [1.82, 2.24) is 15.2 Å². The van der Waals surface area contributed by atoms with Gasteiger partial charge in [0, 0.05) is 29.2 Å². The summed E-state index contributed by atoms with van der Waals surface area (Å²) in [7, 11) is 0. The molecule has 1 unspecified atom stereocenters. The number of hydrogen-bond acceptors (Lipinski definition) is 3. The third kappa shape index (κ3) is 4.90. The number of aromatic nitrogens is 1. The molecular formula is C25H28F5N3O. The number of ether oxygens (including phenoxy) is 1. The zero-order valence-electron chi connectivity index (χ0n) is 18.9. The number of para-hydroxylation sites is 1. The summed E-state index contributed by atoms with van der Waals surface area (Å²) in [5.74, 6) is -1.89. The number of hydrogen-bond donors (Lipinski definition) is 2. The molecule has 1 aromatic heterocycles. The molecule has 4 nitrogen and oxygen atoms in total. The first-order valence-electron chi connectivity index (χ1n) is 11.4. The van der Waals surface area contributed by atoms with Crippen LogP contribution in [0.3, 0.4) is 0 Å². The average Bonchev–Trinajstić information content (AvgIpc) is 3.17. The molecular weight excluding hydrogens is 453 g/mol. The second-order valence-corrected chi connectivity index (χ2v) is 8.52. The van der Waals surface area contributed by atoms with Gasteiger partial charge in [-0.2, -0.15) is 0 Å². The van der Waals surface area contributed by atoms with E-state index in [9.17, 15) is 13.2 Å². The van der Waals surface area contributed by atoms with Crippen molar-refractivity contribution in [2.24, 2.45) is 0 Å². The van der Waals surface area contributed by atoms with Crippen LogP contribution < -0.4 is 10.1 Å². The minimum Gasteiger partial charge on any atom is -0.489 e. The van der Waals surface area contributed by atoms with E-state index in [4.69, 9.17) is 4.74 Å². The number of benzene rings is 2. The van der Waals surface area contributed by atoms with Gasteiger partial charge in [0.1, 0.15) is 12.4 Å². The molecule has 1 aliphatic rings. The SMILES string of the molecule is C[C@@H]1Cc2c([nH]c3ccccc23)C(c2c(F)ccc(OCCNCCCF)c2F)N1CC(F)F. The minimum atomic E-state index is -2.67. The number of aromatic amines is 1. The van der Waals surface area contributed by atoms with E-state index < -0.39 is 37.3 Å². The van der Waals surface area contributed by atoms with Gasteiger partial charge in [0.05, 0.1) is 24.8 Å². The van der Waals surface area contributed by atoms with E-state index in [1.54, 1.807) is 6.92 Å². The van der Waals surface area contributed by atoms with Gasteiger partial charge in [0.25, 0.3) is 6.43 Å². The maximum atomic E-state index is 15.7. The topological polar surface area (TPSA) is 40.3 Å². The first-order chi connectivity index (χ1) is 16.4. The number of nitrogens with one attached hydrogen (secondary N) is 2. The van der Waals surface area contributed by atoms with Crippen molar-refractivity contribution in [3.63, 3.8) is 0 Å². The quantitative estimate of drug-likeness (QED) is 0.302. The van der Waals surface area contributed by atoms with Crippen LogP contribution in [0, 0.1) is 11.6 Å². The van der Waals surface area contributed by atoms with Crippen LogP contribution in [0.2, 0.25) is 0 Å². The van der Waals surface area contributed by atoms with E-state index in [2.05, 4.69) is 10.3 Å². The van der Waals surface area contributed by atoms with Gasteiger partial charge < -0.3 is 15.0 Å². The van der Waals surface area contributed by atoms with Crippen LogP contribution in [-0.4, -0.2) is 55.3 Å². The average molecular weight is 482 g/mol. The van der Waals surface area contributed by atoms with Crippen LogP contribution in [0.15, 0.2) is 36.4 Å². The lowest BCUT2D eigenvalue weighted by molar-refractivity contribution is 0.0436. The summed E-state index contributed by atoms with van der Waals surface area (Å²) in [5, 5.41) is 3.89. The Morgan fingerprint density at radius 2 is 1.94 bits per heavy atom. The molecule has 0 bridgehead atoms. The van der Waals surface area contributed by atoms with Crippen LogP contribution >= 0.6 is 0 Å². The molecule has 2 N–H and O–H groups in total. The Morgan fingerprint density at radius 1 is 1.15 bits per heavy atom. The van der Waals surface area contributed by atoms with Gasteiger partial charge in [-0.3, -0.25) is 9.29 Å². The van der Waals surface area contributed by atoms with Crippen LogP contribution in [0.1, 0.15) is 36.2 Å². The van der Waals surface area contributed by atoms with Crippen LogP contribution in [0.4, 0.5) is 22.0 Å². The maximum Gasteiger partial charge on any atom is 0.251 e. The molecule has 2 heterocycles. The lowest BCUT2D eigenvalue weighted by Gasteiger charge is -2.41. The molecule has 0 aliphatic carbocycles. The van der Waals surface area contributed by atoms with Crippen molar-refractivity contribution in [1.29, 1.82) is 0 Å². The van der Waals surface area contributed by atoms with Gasteiger partial charge in [0.15, 0.2) is 11.6 Å². The van der Waals surface area contributed by atoms with Crippen molar-refractivity contribution >= 4 is 10.9 Å². The monoisotopic (exact) mass is 481 g/mol. The molecule has 1 aliphatic heterocycles. The summed E-state index contributed by atoms with van der Waals surface area (Å²) in [4.78, 5) is 4.68. The first-order valence-corrected chi connectivity index (χ1v) is 11.4. The molecule has 0 radical (unpaired) electrons. The number of rotatable bonds is 10. The molecule has 3 aromatic rings. The summed E-state index contributed by atoms with van der Waals surface area (Å²) >= 11 is 0. The second kappa shape index (κ2) is 10.7. The lowest BCUT2D eigenvalue weighted by atomic mass is 9.88. The van der Waals surface area contributed by atoms with Gasteiger partial charge in [-0.15, -0.1) is 0 Å². The fraction of sp³-hybridized carbons (Fsp3) is 0.440. The molecule has 2 atom stereocenters. The maximum absolute atomic E-state index is 15.7. The summed E-state index contributed by atoms with van der Waals surface area (Å²) in [6.07, 6.45) is -1.83. The van der Waals surface area contributed by atoms with Crippen molar-refractivity contribution in [3.8, 4) is 5.75 Å². The predicted octanol–water partition coefficient (Wildman–Crippen LogP) is 5.38. The van der Waals surface area contributed by atoms with Gasteiger partial charge in [-0.05, 0) is 50.1 Å². The zero-order chi connectivity index (χ0) is 24.2. The molecule has 34 heavy (non-hydrogen) atoms. The van der Waals surface area contributed by atoms with Crippen molar-refractivity contribution in [3.05, 3.63) is 64.9 Å².